The van der Waals surface area contributed by atoms with E-state index in [0.717, 1.165) is 0 Å². The summed E-state index contributed by atoms with van der Waals surface area (Å²) < 4.78 is 5.39. The van der Waals surface area contributed by atoms with Crippen LogP contribution in [0.2, 0.25) is 10.0 Å². The van der Waals surface area contributed by atoms with Crippen LogP contribution in [0.15, 0.2) is 23.2 Å². The Morgan fingerprint density at radius 2 is 1.92 bits per heavy atom. The van der Waals surface area contributed by atoms with Crippen LogP contribution in [-0.2, 0) is 9.53 Å². The van der Waals surface area contributed by atoms with E-state index < -0.39 is 11.1 Å². The van der Waals surface area contributed by atoms with E-state index in [2.05, 4.69) is 10.3 Å². The van der Waals surface area contributed by atoms with Gasteiger partial charge in [-0.3, -0.25) is 9.79 Å². The minimum atomic E-state index is -0.864. The number of amides is 2. The molecule has 8 heteroatoms. The molecule has 2 aliphatic rings. The summed E-state index contributed by atoms with van der Waals surface area (Å²) in [5.74, 6) is 0.282. The van der Waals surface area contributed by atoms with Crippen LogP contribution in [0.5, 0.6) is 0 Å². The van der Waals surface area contributed by atoms with Gasteiger partial charge in [0.15, 0.2) is 0 Å². The number of likely N-dealkylation sites (tertiary alicyclic amines) is 1. The molecular weight excluding hydrogens is 377 g/mol. The van der Waals surface area contributed by atoms with Crippen molar-refractivity contribution in [2.75, 3.05) is 13.1 Å². The van der Waals surface area contributed by atoms with Gasteiger partial charge in [-0.25, -0.2) is 4.79 Å². The quantitative estimate of drug-likeness (QED) is 0.785. The molecule has 6 nitrogen and oxygen atoms in total. The van der Waals surface area contributed by atoms with Crippen LogP contribution in [0, 0.1) is 0 Å². The average molecular weight is 398 g/mol. The van der Waals surface area contributed by atoms with E-state index in [1.54, 1.807) is 23.1 Å². The highest BCUT2D eigenvalue weighted by Crippen LogP contribution is 2.33. The number of carbonyl (C=O) groups excluding carboxylic acids is 2. The van der Waals surface area contributed by atoms with Crippen molar-refractivity contribution in [3.8, 4) is 0 Å². The Hall–Kier alpha value is -1.79. The van der Waals surface area contributed by atoms with Gasteiger partial charge in [-0.05, 0) is 51.8 Å². The van der Waals surface area contributed by atoms with Gasteiger partial charge in [0.1, 0.15) is 17.0 Å². The fourth-order valence-corrected chi connectivity index (χ4v) is 3.55. The van der Waals surface area contributed by atoms with Crippen LogP contribution in [0.3, 0.4) is 0 Å². The lowest BCUT2D eigenvalue weighted by atomic mass is 9.88. The summed E-state index contributed by atoms with van der Waals surface area (Å²) >= 11 is 12.1. The largest absolute Gasteiger partial charge is 0.444 e. The summed E-state index contributed by atoms with van der Waals surface area (Å²) in [4.78, 5) is 31.0. The van der Waals surface area contributed by atoms with Gasteiger partial charge in [-0.1, -0.05) is 23.2 Å². The highest BCUT2D eigenvalue weighted by Gasteiger charge is 2.47. The molecular formula is C18H21Cl2N3O3. The van der Waals surface area contributed by atoms with Gasteiger partial charge >= 0.3 is 6.09 Å². The zero-order chi connectivity index (χ0) is 19.1. The minimum Gasteiger partial charge on any atom is -0.444 e. The fourth-order valence-electron chi connectivity index (χ4n) is 3.05. The molecule has 2 amide bonds. The molecule has 2 aliphatic heterocycles. The Bertz CT molecular complexity index is 778. The number of carbonyl (C=O) groups is 2. The SMILES string of the molecule is CC(C)(C)OC(=O)N1CCC2(CC1)N=C(c1ccc(Cl)cc1Cl)NC2=O. The summed E-state index contributed by atoms with van der Waals surface area (Å²) in [5, 5.41) is 3.77. The third kappa shape index (κ3) is 3.81. The number of aliphatic imine (C=N–C) groups is 1. The predicted octanol–water partition coefficient (Wildman–Crippen LogP) is 3.64. The van der Waals surface area contributed by atoms with Crippen molar-refractivity contribution < 1.29 is 14.3 Å². The van der Waals surface area contributed by atoms with Crippen LogP contribution in [0.1, 0.15) is 39.2 Å². The number of nitrogens with one attached hydrogen (secondary N) is 1. The molecule has 0 aliphatic carbocycles. The van der Waals surface area contributed by atoms with Gasteiger partial charge in [0.25, 0.3) is 5.91 Å². The van der Waals surface area contributed by atoms with Crippen LogP contribution >= 0.6 is 23.2 Å². The normalized spacial score (nSPS) is 19.3. The number of rotatable bonds is 1. The van der Waals surface area contributed by atoms with Crippen molar-refractivity contribution in [1.29, 1.82) is 0 Å². The third-order valence-corrected chi connectivity index (χ3v) is 4.96. The monoisotopic (exact) mass is 397 g/mol. The average Bonchev–Trinajstić information content (AvgIpc) is 2.82. The third-order valence-electron chi connectivity index (χ3n) is 4.41. The summed E-state index contributed by atoms with van der Waals surface area (Å²) in [6, 6.07) is 5.05. The van der Waals surface area contributed by atoms with Crippen molar-refractivity contribution in [2.24, 2.45) is 4.99 Å². The topological polar surface area (TPSA) is 71.0 Å². The molecule has 1 N–H and O–H groups in total. The van der Waals surface area contributed by atoms with Crippen LogP contribution < -0.4 is 5.32 Å². The Labute approximate surface area is 162 Å². The first kappa shape index (κ1) is 19.0. The molecule has 1 aromatic carbocycles. The number of ether oxygens (including phenoxy) is 1. The number of amidine groups is 1. The summed E-state index contributed by atoms with van der Waals surface area (Å²) in [5.41, 5.74) is -0.777. The van der Waals surface area contributed by atoms with Crippen LogP contribution in [-0.4, -0.2) is 47.0 Å². The lowest BCUT2D eigenvalue weighted by Gasteiger charge is -2.36. The van der Waals surface area contributed by atoms with Crippen molar-refractivity contribution in [3.05, 3.63) is 33.8 Å². The zero-order valence-electron chi connectivity index (χ0n) is 14.9. The highest BCUT2D eigenvalue weighted by molar-refractivity contribution is 6.37. The first-order valence-corrected chi connectivity index (χ1v) is 9.20. The number of hydrogen-bond acceptors (Lipinski definition) is 4. The first-order valence-electron chi connectivity index (χ1n) is 8.44. The van der Waals surface area contributed by atoms with Gasteiger partial charge in [0.2, 0.25) is 0 Å². The zero-order valence-corrected chi connectivity index (χ0v) is 16.4. The molecule has 0 bridgehead atoms. The first-order chi connectivity index (χ1) is 12.1. The van der Waals surface area contributed by atoms with E-state index >= 15 is 0 Å². The number of nitrogens with zero attached hydrogens (tertiary/aromatic N) is 2. The second kappa shape index (κ2) is 6.74. The summed E-state index contributed by atoms with van der Waals surface area (Å²) in [7, 11) is 0. The molecule has 0 atom stereocenters. The molecule has 1 saturated heterocycles. The van der Waals surface area contributed by atoms with Crippen LogP contribution in [0.4, 0.5) is 4.79 Å². The van der Waals surface area contributed by atoms with Crippen molar-refractivity contribution in [1.82, 2.24) is 10.2 Å². The highest BCUT2D eigenvalue weighted by atomic mass is 35.5. The molecule has 0 unspecified atom stereocenters. The second-order valence-corrected chi connectivity index (χ2v) is 8.38. The van der Waals surface area contributed by atoms with Crippen molar-refractivity contribution in [2.45, 2.75) is 44.8 Å². The standard InChI is InChI=1S/C18H21Cl2N3O3/c1-17(2,3)26-16(25)23-8-6-18(7-9-23)15(24)21-14(22-18)12-5-4-11(19)10-13(12)20/h4-5,10H,6-9H2,1-3H3,(H,21,22,24). The lowest BCUT2D eigenvalue weighted by Crippen LogP contribution is -2.51. The number of halogens is 2. The summed E-state index contributed by atoms with van der Waals surface area (Å²) in [6.07, 6.45) is 0.509. The van der Waals surface area contributed by atoms with Crippen molar-refractivity contribution in [3.63, 3.8) is 0 Å². The maximum absolute atomic E-state index is 12.6. The molecule has 2 heterocycles. The molecule has 3 rings (SSSR count). The smallest absolute Gasteiger partial charge is 0.410 e. The van der Waals surface area contributed by atoms with E-state index in [9.17, 15) is 9.59 Å². The minimum absolute atomic E-state index is 0.164. The van der Waals surface area contributed by atoms with Crippen molar-refractivity contribution >= 4 is 41.0 Å². The lowest BCUT2D eigenvalue weighted by molar-refractivity contribution is -0.125. The van der Waals surface area contributed by atoms with Gasteiger partial charge in [-0.2, -0.15) is 0 Å². The molecule has 1 fully saturated rings. The van der Waals surface area contributed by atoms with E-state index in [0.29, 0.717) is 47.4 Å². The fraction of sp³-hybridized carbons (Fsp3) is 0.500. The molecule has 0 aromatic heterocycles. The van der Waals surface area contributed by atoms with Crippen LogP contribution in [0.25, 0.3) is 0 Å². The molecule has 0 saturated carbocycles. The summed E-state index contributed by atoms with van der Waals surface area (Å²) in [6.45, 7) is 6.30. The van der Waals surface area contributed by atoms with E-state index in [1.807, 2.05) is 20.8 Å². The molecule has 0 radical (unpaired) electrons. The Kier molecular flexibility index (Phi) is 4.92. The van der Waals surface area contributed by atoms with E-state index in [1.165, 1.54) is 0 Å². The second-order valence-electron chi connectivity index (χ2n) is 7.54. The van der Waals surface area contributed by atoms with Gasteiger partial charge < -0.3 is 15.0 Å². The molecule has 140 valence electrons. The maximum Gasteiger partial charge on any atom is 0.410 e. The molecule has 1 spiro atoms. The molecule has 26 heavy (non-hydrogen) atoms. The van der Waals surface area contributed by atoms with Gasteiger partial charge in [0, 0.05) is 23.7 Å². The van der Waals surface area contributed by atoms with Gasteiger partial charge in [-0.15, -0.1) is 0 Å². The number of hydrogen-bond donors (Lipinski definition) is 1. The number of piperidine rings is 1. The number of benzene rings is 1. The Morgan fingerprint density at radius 1 is 1.27 bits per heavy atom. The maximum atomic E-state index is 12.6. The molecule has 1 aromatic rings. The Morgan fingerprint density at radius 3 is 2.50 bits per heavy atom. The van der Waals surface area contributed by atoms with Gasteiger partial charge in [0.05, 0.1) is 5.02 Å². The van der Waals surface area contributed by atoms with E-state index in [-0.39, 0.29) is 12.0 Å². The predicted molar refractivity (Wildman–Crippen MR) is 101 cm³/mol. The Balaban J connectivity index is 1.74. The van der Waals surface area contributed by atoms with E-state index in [4.69, 9.17) is 27.9 Å².